The molecule has 0 aliphatic heterocycles. The van der Waals surface area contributed by atoms with Crippen LogP contribution in [0.25, 0.3) is 0 Å². The molecule has 1 aliphatic rings. The van der Waals surface area contributed by atoms with Crippen LogP contribution in [-0.2, 0) is 0 Å². The molecule has 2 rings (SSSR count). The van der Waals surface area contributed by atoms with Crippen molar-refractivity contribution >= 4 is 11.7 Å². The number of carbonyl (C=O) groups excluding carboxylic acids is 1. The summed E-state index contributed by atoms with van der Waals surface area (Å²) in [6.45, 7) is 0. The van der Waals surface area contributed by atoms with Gasteiger partial charge in [0.15, 0.2) is 0 Å². The Morgan fingerprint density at radius 3 is 2.58 bits per heavy atom. The van der Waals surface area contributed by atoms with Crippen molar-refractivity contribution in [1.29, 1.82) is 5.26 Å². The standard InChI is InChI=1S/C15H17N3O/c16-11-13-5-7-14(8-6-13)18-15(19)17-10-9-12-3-1-2-4-12/h5-10,12H,1-4H2,(H2,17,18,19)/b10-9+. The molecule has 1 aliphatic carbocycles. The first-order valence-corrected chi connectivity index (χ1v) is 6.52. The highest BCUT2D eigenvalue weighted by atomic mass is 16.2. The van der Waals surface area contributed by atoms with Crippen LogP contribution in [-0.4, -0.2) is 6.03 Å². The predicted octanol–water partition coefficient (Wildman–Crippen LogP) is 3.38. The van der Waals surface area contributed by atoms with E-state index in [-0.39, 0.29) is 6.03 Å². The van der Waals surface area contributed by atoms with E-state index < -0.39 is 0 Å². The number of amides is 2. The number of allylic oxidation sites excluding steroid dienone is 1. The molecule has 19 heavy (non-hydrogen) atoms. The van der Waals surface area contributed by atoms with Gasteiger partial charge in [-0.1, -0.05) is 18.9 Å². The molecule has 4 nitrogen and oxygen atoms in total. The number of carbonyl (C=O) groups is 1. The number of urea groups is 1. The fraction of sp³-hybridized carbons (Fsp3) is 0.333. The smallest absolute Gasteiger partial charge is 0.315 e. The van der Waals surface area contributed by atoms with E-state index in [4.69, 9.17) is 5.26 Å². The lowest BCUT2D eigenvalue weighted by Gasteiger charge is -2.05. The minimum atomic E-state index is -0.265. The first-order chi connectivity index (χ1) is 9.28. The third-order valence-electron chi connectivity index (χ3n) is 3.25. The molecule has 0 heterocycles. The van der Waals surface area contributed by atoms with Crippen LogP contribution in [0.1, 0.15) is 31.2 Å². The molecule has 4 heteroatoms. The lowest BCUT2D eigenvalue weighted by molar-refractivity contribution is 0.255. The van der Waals surface area contributed by atoms with E-state index in [0.29, 0.717) is 17.2 Å². The summed E-state index contributed by atoms with van der Waals surface area (Å²) < 4.78 is 0. The fourth-order valence-electron chi connectivity index (χ4n) is 2.20. The minimum absolute atomic E-state index is 0.265. The Hall–Kier alpha value is -2.28. The van der Waals surface area contributed by atoms with Crippen LogP contribution >= 0.6 is 0 Å². The van der Waals surface area contributed by atoms with Gasteiger partial charge < -0.3 is 10.6 Å². The normalized spacial score (nSPS) is 15.3. The number of rotatable bonds is 3. The Balaban J connectivity index is 1.78. The van der Waals surface area contributed by atoms with Crippen molar-refractivity contribution in [2.24, 2.45) is 5.92 Å². The largest absolute Gasteiger partial charge is 0.323 e. The van der Waals surface area contributed by atoms with Crippen LogP contribution in [0.4, 0.5) is 10.5 Å². The number of anilines is 1. The number of nitrogens with one attached hydrogen (secondary N) is 2. The SMILES string of the molecule is N#Cc1ccc(NC(=O)N/C=C/C2CCCC2)cc1. The molecule has 0 bridgehead atoms. The van der Waals surface area contributed by atoms with Crippen molar-refractivity contribution < 1.29 is 4.79 Å². The van der Waals surface area contributed by atoms with Crippen LogP contribution in [0.3, 0.4) is 0 Å². The zero-order chi connectivity index (χ0) is 13.5. The van der Waals surface area contributed by atoms with Gasteiger partial charge in [-0.15, -0.1) is 0 Å². The molecule has 0 aromatic heterocycles. The Labute approximate surface area is 113 Å². The van der Waals surface area contributed by atoms with Crippen molar-refractivity contribution in [3.05, 3.63) is 42.1 Å². The first kappa shape index (κ1) is 13.2. The van der Waals surface area contributed by atoms with Crippen molar-refractivity contribution in [3.8, 4) is 6.07 Å². The van der Waals surface area contributed by atoms with Gasteiger partial charge in [-0.25, -0.2) is 4.79 Å². The van der Waals surface area contributed by atoms with Crippen molar-refractivity contribution in [3.63, 3.8) is 0 Å². The summed E-state index contributed by atoms with van der Waals surface area (Å²) in [5, 5.41) is 14.1. The van der Waals surface area contributed by atoms with E-state index in [9.17, 15) is 4.79 Å². The molecule has 0 saturated heterocycles. The van der Waals surface area contributed by atoms with Crippen molar-refractivity contribution in [2.45, 2.75) is 25.7 Å². The zero-order valence-electron chi connectivity index (χ0n) is 10.7. The summed E-state index contributed by atoms with van der Waals surface area (Å²) in [5.41, 5.74) is 1.25. The van der Waals surface area contributed by atoms with Crippen LogP contribution in [0.5, 0.6) is 0 Å². The number of hydrogen-bond acceptors (Lipinski definition) is 2. The Kier molecular flexibility index (Phi) is 4.57. The monoisotopic (exact) mass is 255 g/mol. The zero-order valence-corrected chi connectivity index (χ0v) is 10.7. The molecular weight excluding hydrogens is 238 g/mol. The second kappa shape index (κ2) is 6.60. The average molecular weight is 255 g/mol. The highest BCUT2D eigenvalue weighted by Gasteiger charge is 2.11. The van der Waals surface area contributed by atoms with Crippen molar-refractivity contribution in [2.75, 3.05) is 5.32 Å². The third kappa shape index (κ3) is 4.14. The summed E-state index contributed by atoms with van der Waals surface area (Å²) in [6.07, 6.45) is 8.78. The molecule has 2 amide bonds. The molecule has 0 radical (unpaired) electrons. The maximum atomic E-state index is 11.6. The molecule has 1 aromatic rings. The van der Waals surface area contributed by atoms with Gasteiger partial charge >= 0.3 is 6.03 Å². The molecule has 2 N–H and O–H groups in total. The Morgan fingerprint density at radius 2 is 1.95 bits per heavy atom. The number of nitrogens with zero attached hydrogens (tertiary/aromatic N) is 1. The molecule has 1 saturated carbocycles. The van der Waals surface area contributed by atoms with Crippen LogP contribution in [0, 0.1) is 17.2 Å². The molecule has 0 atom stereocenters. The van der Waals surface area contributed by atoms with Crippen LogP contribution in [0.2, 0.25) is 0 Å². The summed E-state index contributed by atoms with van der Waals surface area (Å²) >= 11 is 0. The summed E-state index contributed by atoms with van der Waals surface area (Å²) in [5.74, 6) is 0.607. The summed E-state index contributed by atoms with van der Waals surface area (Å²) in [6, 6.07) is 8.52. The quantitative estimate of drug-likeness (QED) is 0.869. The molecular formula is C15H17N3O. The maximum absolute atomic E-state index is 11.6. The van der Waals surface area contributed by atoms with Crippen LogP contribution in [0.15, 0.2) is 36.5 Å². The predicted molar refractivity (Wildman–Crippen MR) is 74.4 cm³/mol. The van der Waals surface area contributed by atoms with Gasteiger partial charge in [0.05, 0.1) is 11.6 Å². The average Bonchev–Trinajstić information content (AvgIpc) is 2.93. The van der Waals surface area contributed by atoms with Gasteiger partial charge in [0.2, 0.25) is 0 Å². The van der Waals surface area contributed by atoms with Gasteiger partial charge in [0, 0.05) is 11.9 Å². The highest BCUT2D eigenvalue weighted by Crippen LogP contribution is 2.25. The second-order valence-electron chi connectivity index (χ2n) is 4.69. The summed E-state index contributed by atoms with van der Waals surface area (Å²) in [7, 11) is 0. The van der Waals surface area contributed by atoms with E-state index >= 15 is 0 Å². The number of hydrogen-bond donors (Lipinski definition) is 2. The molecule has 0 unspecified atom stereocenters. The molecule has 1 aromatic carbocycles. The Morgan fingerprint density at radius 1 is 1.26 bits per heavy atom. The van der Waals surface area contributed by atoms with Gasteiger partial charge in [-0.3, -0.25) is 0 Å². The van der Waals surface area contributed by atoms with Crippen LogP contribution < -0.4 is 10.6 Å². The summed E-state index contributed by atoms with van der Waals surface area (Å²) in [4.78, 5) is 11.6. The minimum Gasteiger partial charge on any atom is -0.315 e. The third-order valence-corrected chi connectivity index (χ3v) is 3.25. The van der Waals surface area contributed by atoms with Gasteiger partial charge in [0.25, 0.3) is 0 Å². The van der Waals surface area contributed by atoms with E-state index in [1.807, 2.05) is 6.07 Å². The molecule has 98 valence electrons. The number of nitriles is 1. The molecule has 0 spiro atoms. The van der Waals surface area contributed by atoms with Gasteiger partial charge in [-0.2, -0.15) is 5.26 Å². The topological polar surface area (TPSA) is 64.9 Å². The Bertz CT molecular complexity index is 493. The first-order valence-electron chi connectivity index (χ1n) is 6.52. The lowest BCUT2D eigenvalue weighted by Crippen LogP contribution is -2.23. The van der Waals surface area contributed by atoms with Gasteiger partial charge in [0.1, 0.15) is 0 Å². The second-order valence-corrected chi connectivity index (χ2v) is 4.69. The number of benzene rings is 1. The van der Waals surface area contributed by atoms with E-state index in [0.717, 1.165) is 0 Å². The lowest BCUT2D eigenvalue weighted by atomic mass is 10.1. The highest BCUT2D eigenvalue weighted by molar-refractivity contribution is 5.89. The molecule has 1 fully saturated rings. The van der Waals surface area contributed by atoms with E-state index in [1.54, 1.807) is 30.5 Å². The van der Waals surface area contributed by atoms with E-state index in [1.165, 1.54) is 25.7 Å². The van der Waals surface area contributed by atoms with E-state index in [2.05, 4.69) is 16.7 Å². The fourth-order valence-corrected chi connectivity index (χ4v) is 2.20. The van der Waals surface area contributed by atoms with Gasteiger partial charge in [-0.05, 0) is 43.0 Å². The maximum Gasteiger partial charge on any atom is 0.323 e. The van der Waals surface area contributed by atoms with Crippen molar-refractivity contribution in [1.82, 2.24) is 5.32 Å².